The number of fused-ring (bicyclic) bond motifs is 1. The van der Waals surface area contributed by atoms with Crippen molar-refractivity contribution < 1.29 is 4.74 Å². The van der Waals surface area contributed by atoms with Crippen LogP contribution in [0.1, 0.15) is 64.4 Å². The Kier molecular flexibility index (Phi) is 5.68. The van der Waals surface area contributed by atoms with E-state index in [0.29, 0.717) is 6.10 Å². The highest BCUT2D eigenvalue weighted by atomic mass is 16.5. The van der Waals surface area contributed by atoms with Gasteiger partial charge in [-0.1, -0.05) is 44.4 Å². The van der Waals surface area contributed by atoms with Crippen molar-refractivity contribution in [3.05, 3.63) is 48.9 Å². The van der Waals surface area contributed by atoms with Crippen LogP contribution in [-0.2, 0) is 5.54 Å². The van der Waals surface area contributed by atoms with Crippen molar-refractivity contribution in [1.29, 1.82) is 0 Å². The predicted octanol–water partition coefficient (Wildman–Crippen LogP) is 5.98. The van der Waals surface area contributed by atoms with Crippen LogP contribution in [0.4, 0.5) is 0 Å². The van der Waals surface area contributed by atoms with Crippen molar-refractivity contribution in [2.24, 2.45) is 11.7 Å². The molecule has 2 N–H and O–H groups in total. The standard InChI is InChI=1S/C23H32NO/c1-4-5-6-17-7-12-21(13-8-17)25-22-14-10-18-15-20(23(2,3)24)11-9-19(18)16-22/h9-11,14-17,21H,2,4-8,12-13,24H2,1,3H3/t17-,21-,23-/m1/s1. The summed E-state index contributed by atoms with van der Waals surface area (Å²) in [5.74, 6) is 1.91. The lowest BCUT2D eigenvalue weighted by molar-refractivity contribution is 0.128. The van der Waals surface area contributed by atoms with E-state index in [1.165, 1.54) is 55.7 Å². The summed E-state index contributed by atoms with van der Waals surface area (Å²) in [6.07, 6.45) is 9.48. The van der Waals surface area contributed by atoms with Crippen LogP contribution in [0.25, 0.3) is 10.8 Å². The first-order chi connectivity index (χ1) is 12.0. The van der Waals surface area contributed by atoms with E-state index < -0.39 is 5.54 Å². The molecule has 1 fully saturated rings. The summed E-state index contributed by atoms with van der Waals surface area (Å²) >= 11 is 0. The molecule has 3 rings (SSSR count). The van der Waals surface area contributed by atoms with Gasteiger partial charge in [0.2, 0.25) is 0 Å². The molecule has 1 aliphatic carbocycles. The van der Waals surface area contributed by atoms with Crippen LogP contribution in [-0.4, -0.2) is 6.10 Å². The highest BCUT2D eigenvalue weighted by molar-refractivity contribution is 5.84. The summed E-state index contributed by atoms with van der Waals surface area (Å²) in [5.41, 5.74) is 6.61. The predicted molar refractivity (Wildman–Crippen MR) is 107 cm³/mol. The molecule has 0 aliphatic heterocycles. The van der Waals surface area contributed by atoms with Crippen LogP contribution in [0.3, 0.4) is 0 Å². The van der Waals surface area contributed by atoms with E-state index >= 15 is 0 Å². The van der Waals surface area contributed by atoms with E-state index in [1.807, 2.05) is 6.92 Å². The third kappa shape index (κ3) is 4.76. The summed E-state index contributed by atoms with van der Waals surface area (Å²) in [6, 6.07) is 12.7. The van der Waals surface area contributed by atoms with Crippen molar-refractivity contribution in [1.82, 2.24) is 0 Å². The lowest BCUT2D eigenvalue weighted by atomic mass is 9.84. The second-order valence-corrected chi connectivity index (χ2v) is 8.04. The number of rotatable bonds is 6. The van der Waals surface area contributed by atoms with E-state index in [4.69, 9.17) is 10.5 Å². The third-order valence-corrected chi connectivity index (χ3v) is 5.53. The Bertz CT molecular complexity index is 693. The quantitative estimate of drug-likeness (QED) is 0.703. The van der Waals surface area contributed by atoms with Gasteiger partial charge in [0.25, 0.3) is 0 Å². The molecule has 1 aliphatic rings. The van der Waals surface area contributed by atoms with Crippen LogP contribution in [0, 0.1) is 12.8 Å². The van der Waals surface area contributed by atoms with Crippen molar-refractivity contribution in [3.8, 4) is 5.75 Å². The molecule has 0 aromatic heterocycles. The first-order valence-electron chi connectivity index (χ1n) is 9.81. The largest absolute Gasteiger partial charge is 0.490 e. The molecule has 0 unspecified atom stereocenters. The molecule has 2 nitrogen and oxygen atoms in total. The molecule has 1 saturated carbocycles. The molecule has 1 radical (unpaired) electrons. The minimum atomic E-state index is -0.556. The molecule has 0 bridgehead atoms. The van der Waals surface area contributed by atoms with Crippen LogP contribution < -0.4 is 10.5 Å². The summed E-state index contributed by atoms with van der Waals surface area (Å²) in [6.45, 7) is 8.23. The van der Waals surface area contributed by atoms with Gasteiger partial charge in [0.05, 0.1) is 6.10 Å². The number of unbranched alkanes of at least 4 members (excludes halogenated alkanes) is 1. The number of hydrogen-bond acceptors (Lipinski definition) is 2. The smallest absolute Gasteiger partial charge is 0.120 e. The topological polar surface area (TPSA) is 35.2 Å². The normalized spacial score (nSPS) is 21.4. The summed E-state index contributed by atoms with van der Waals surface area (Å²) < 4.78 is 6.28. The van der Waals surface area contributed by atoms with Gasteiger partial charge in [0, 0.05) is 5.54 Å². The lowest BCUT2D eigenvalue weighted by Crippen LogP contribution is -2.28. The zero-order valence-electron chi connectivity index (χ0n) is 15.8. The fourth-order valence-corrected chi connectivity index (χ4v) is 3.88. The van der Waals surface area contributed by atoms with Crippen molar-refractivity contribution in [3.63, 3.8) is 0 Å². The van der Waals surface area contributed by atoms with Gasteiger partial charge in [-0.05, 0) is 80.0 Å². The molecule has 0 spiro atoms. The fourth-order valence-electron chi connectivity index (χ4n) is 3.88. The van der Waals surface area contributed by atoms with Crippen LogP contribution in [0.5, 0.6) is 5.75 Å². The van der Waals surface area contributed by atoms with E-state index in [1.54, 1.807) is 0 Å². The van der Waals surface area contributed by atoms with Crippen LogP contribution in [0.2, 0.25) is 0 Å². The molecule has 0 amide bonds. The number of hydrogen-bond donors (Lipinski definition) is 1. The Morgan fingerprint density at radius 3 is 2.44 bits per heavy atom. The molecular weight excluding hydrogens is 306 g/mol. The molecular formula is C23H32NO. The first-order valence-corrected chi connectivity index (χ1v) is 9.81. The first kappa shape index (κ1) is 18.3. The lowest BCUT2D eigenvalue weighted by Gasteiger charge is -2.29. The van der Waals surface area contributed by atoms with Gasteiger partial charge in [-0.15, -0.1) is 0 Å². The zero-order chi connectivity index (χ0) is 17.9. The minimum Gasteiger partial charge on any atom is -0.490 e. The second kappa shape index (κ2) is 7.78. The molecule has 25 heavy (non-hydrogen) atoms. The van der Waals surface area contributed by atoms with Gasteiger partial charge in [0.1, 0.15) is 5.75 Å². The van der Waals surface area contributed by atoms with Gasteiger partial charge >= 0.3 is 0 Å². The van der Waals surface area contributed by atoms with E-state index in [2.05, 4.69) is 50.2 Å². The maximum Gasteiger partial charge on any atom is 0.120 e. The van der Waals surface area contributed by atoms with Gasteiger partial charge in [-0.25, -0.2) is 0 Å². The van der Waals surface area contributed by atoms with E-state index in [9.17, 15) is 0 Å². The number of nitrogens with two attached hydrogens (primary N) is 1. The Labute approximate surface area is 152 Å². The number of ether oxygens (including phenoxy) is 1. The maximum absolute atomic E-state index is 6.28. The Morgan fingerprint density at radius 1 is 1.08 bits per heavy atom. The molecule has 2 aromatic rings. The molecule has 135 valence electrons. The fraction of sp³-hybridized carbons (Fsp3) is 0.522. The third-order valence-electron chi connectivity index (χ3n) is 5.53. The Morgan fingerprint density at radius 2 is 1.76 bits per heavy atom. The summed E-state index contributed by atoms with van der Waals surface area (Å²) in [4.78, 5) is 0. The van der Waals surface area contributed by atoms with Crippen molar-refractivity contribution in [2.75, 3.05) is 0 Å². The van der Waals surface area contributed by atoms with Crippen LogP contribution in [0.15, 0.2) is 36.4 Å². The molecule has 0 heterocycles. The van der Waals surface area contributed by atoms with Gasteiger partial charge in [-0.3, -0.25) is 0 Å². The SMILES string of the molecule is [CH2][C@](C)(N)c1ccc2cc(O[C@H]3CC[C@H](CCCC)CC3)ccc2c1. The van der Waals surface area contributed by atoms with E-state index in [0.717, 1.165) is 17.2 Å². The molecule has 2 heteroatoms. The maximum atomic E-state index is 6.28. The average molecular weight is 339 g/mol. The average Bonchev–Trinajstić information content (AvgIpc) is 2.60. The molecule has 1 atom stereocenters. The summed E-state index contributed by atoms with van der Waals surface area (Å²) in [5, 5.41) is 2.38. The van der Waals surface area contributed by atoms with Gasteiger partial charge in [-0.2, -0.15) is 0 Å². The number of benzene rings is 2. The zero-order valence-corrected chi connectivity index (χ0v) is 15.8. The molecule has 2 aromatic carbocycles. The van der Waals surface area contributed by atoms with Gasteiger partial charge in [0.15, 0.2) is 0 Å². The monoisotopic (exact) mass is 338 g/mol. The highest BCUT2D eigenvalue weighted by Gasteiger charge is 2.22. The Balaban J connectivity index is 1.63. The Hall–Kier alpha value is -1.54. The minimum absolute atomic E-state index is 0.377. The summed E-state index contributed by atoms with van der Waals surface area (Å²) in [7, 11) is 0. The van der Waals surface area contributed by atoms with Crippen molar-refractivity contribution >= 4 is 10.8 Å². The second-order valence-electron chi connectivity index (χ2n) is 8.04. The van der Waals surface area contributed by atoms with Gasteiger partial charge < -0.3 is 10.5 Å². The van der Waals surface area contributed by atoms with Crippen molar-refractivity contribution in [2.45, 2.75) is 70.4 Å². The van der Waals surface area contributed by atoms with Crippen LogP contribution >= 0.6 is 0 Å². The molecule has 0 saturated heterocycles. The van der Waals surface area contributed by atoms with E-state index in [-0.39, 0.29) is 0 Å². The highest BCUT2D eigenvalue weighted by Crippen LogP contribution is 2.32.